The number of methoxy groups -OCH3 is 1. The lowest BCUT2D eigenvalue weighted by Gasteiger charge is -2.27. The molecule has 0 aliphatic heterocycles. The summed E-state index contributed by atoms with van der Waals surface area (Å²) in [5.41, 5.74) is 0. The molecule has 0 radical (unpaired) electrons. The van der Waals surface area contributed by atoms with Crippen LogP contribution in [0.2, 0.25) is 0 Å². The van der Waals surface area contributed by atoms with Gasteiger partial charge in [0, 0.05) is 13.5 Å². The third kappa shape index (κ3) is 3.66. The number of rotatable bonds is 4. The van der Waals surface area contributed by atoms with Crippen molar-refractivity contribution in [2.24, 2.45) is 5.92 Å². The highest BCUT2D eigenvalue weighted by Gasteiger charge is 2.23. The third-order valence-electron chi connectivity index (χ3n) is 2.83. The van der Waals surface area contributed by atoms with Crippen molar-refractivity contribution >= 4 is 5.97 Å². The lowest BCUT2D eigenvalue weighted by molar-refractivity contribution is -0.144. The summed E-state index contributed by atoms with van der Waals surface area (Å²) < 4.78 is 10.2. The van der Waals surface area contributed by atoms with E-state index in [4.69, 9.17) is 9.47 Å². The van der Waals surface area contributed by atoms with Crippen LogP contribution in [0.1, 0.15) is 39.0 Å². The van der Waals surface area contributed by atoms with Crippen LogP contribution in [0.25, 0.3) is 0 Å². The van der Waals surface area contributed by atoms with Crippen molar-refractivity contribution in [2.75, 3.05) is 13.7 Å². The van der Waals surface area contributed by atoms with E-state index in [0.29, 0.717) is 25.0 Å². The van der Waals surface area contributed by atoms with Crippen LogP contribution in [0, 0.1) is 5.92 Å². The number of hydrogen-bond acceptors (Lipinski definition) is 3. The molecule has 1 fully saturated rings. The summed E-state index contributed by atoms with van der Waals surface area (Å²) in [4.78, 5) is 11.2. The van der Waals surface area contributed by atoms with Gasteiger partial charge in [-0.25, -0.2) is 0 Å². The average Bonchev–Trinajstić information content (AvgIpc) is 2.18. The summed E-state index contributed by atoms with van der Waals surface area (Å²) in [6.07, 6.45) is 5.36. The minimum absolute atomic E-state index is 0.0609. The van der Waals surface area contributed by atoms with Crippen LogP contribution >= 0.6 is 0 Å². The molecule has 3 nitrogen and oxygen atoms in total. The first-order chi connectivity index (χ1) is 6.76. The highest BCUT2D eigenvalue weighted by Crippen LogP contribution is 2.28. The van der Waals surface area contributed by atoms with Gasteiger partial charge in [-0.3, -0.25) is 4.79 Å². The molecule has 1 rings (SSSR count). The topological polar surface area (TPSA) is 35.5 Å². The van der Waals surface area contributed by atoms with E-state index in [9.17, 15) is 4.79 Å². The Hall–Kier alpha value is -0.570. The van der Waals surface area contributed by atoms with E-state index >= 15 is 0 Å². The molecule has 2 atom stereocenters. The van der Waals surface area contributed by atoms with Gasteiger partial charge in [-0.15, -0.1) is 0 Å². The summed E-state index contributed by atoms with van der Waals surface area (Å²) in [6, 6.07) is 0. The predicted molar refractivity (Wildman–Crippen MR) is 54.0 cm³/mol. The molecule has 14 heavy (non-hydrogen) atoms. The van der Waals surface area contributed by atoms with Gasteiger partial charge in [-0.2, -0.15) is 0 Å². The molecule has 1 aliphatic carbocycles. The molecule has 0 aromatic rings. The predicted octanol–water partition coefficient (Wildman–Crippen LogP) is 2.14. The molecular weight excluding hydrogens is 180 g/mol. The molecule has 1 aliphatic rings. The van der Waals surface area contributed by atoms with Crippen molar-refractivity contribution in [3.63, 3.8) is 0 Å². The monoisotopic (exact) mass is 200 g/mol. The Balaban J connectivity index is 2.26. The van der Waals surface area contributed by atoms with Crippen molar-refractivity contribution < 1.29 is 14.3 Å². The summed E-state index contributed by atoms with van der Waals surface area (Å²) in [5, 5.41) is 0. The number of esters is 1. The zero-order valence-electron chi connectivity index (χ0n) is 9.12. The van der Waals surface area contributed by atoms with Crippen LogP contribution in [0.15, 0.2) is 0 Å². The van der Waals surface area contributed by atoms with E-state index in [2.05, 4.69) is 0 Å². The van der Waals surface area contributed by atoms with Crippen molar-refractivity contribution in [1.29, 1.82) is 0 Å². The molecule has 0 unspecified atom stereocenters. The fourth-order valence-corrected chi connectivity index (χ4v) is 2.10. The first-order valence-electron chi connectivity index (χ1n) is 5.44. The highest BCUT2D eigenvalue weighted by molar-refractivity contribution is 5.69. The third-order valence-corrected chi connectivity index (χ3v) is 2.83. The molecule has 0 spiro atoms. The highest BCUT2D eigenvalue weighted by atomic mass is 16.5. The van der Waals surface area contributed by atoms with E-state index in [1.165, 1.54) is 6.42 Å². The molecule has 0 amide bonds. The molecule has 0 heterocycles. The Bertz CT molecular complexity index is 179. The zero-order valence-corrected chi connectivity index (χ0v) is 9.12. The lowest BCUT2D eigenvalue weighted by Crippen LogP contribution is -2.24. The molecule has 0 saturated heterocycles. The van der Waals surface area contributed by atoms with Gasteiger partial charge in [0.1, 0.15) is 0 Å². The van der Waals surface area contributed by atoms with Crippen molar-refractivity contribution in [3.05, 3.63) is 0 Å². The first kappa shape index (κ1) is 11.5. The van der Waals surface area contributed by atoms with Crippen LogP contribution in [0.5, 0.6) is 0 Å². The van der Waals surface area contributed by atoms with Crippen molar-refractivity contribution in [2.45, 2.75) is 45.1 Å². The van der Waals surface area contributed by atoms with E-state index < -0.39 is 0 Å². The zero-order chi connectivity index (χ0) is 10.4. The fourth-order valence-electron chi connectivity index (χ4n) is 2.10. The van der Waals surface area contributed by atoms with Gasteiger partial charge >= 0.3 is 5.97 Å². The second-order valence-corrected chi connectivity index (χ2v) is 3.90. The molecular formula is C11H20O3. The van der Waals surface area contributed by atoms with Crippen LogP contribution in [0.4, 0.5) is 0 Å². The van der Waals surface area contributed by atoms with Crippen LogP contribution in [0.3, 0.4) is 0 Å². The largest absolute Gasteiger partial charge is 0.466 e. The molecule has 82 valence electrons. The lowest BCUT2D eigenvalue weighted by atomic mass is 9.85. The SMILES string of the molecule is CCOC(=O)C[C@H]1CCC[C@@H](OC)C1. The van der Waals surface area contributed by atoms with Gasteiger partial charge in [0.05, 0.1) is 12.7 Å². The quantitative estimate of drug-likeness (QED) is 0.652. The minimum atomic E-state index is -0.0609. The molecule has 0 bridgehead atoms. The van der Waals surface area contributed by atoms with Crippen LogP contribution < -0.4 is 0 Å². The maximum atomic E-state index is 11.2. The standard InChI is InChI=1S/C11H20O3/c1-3-14-11(12)8-9-5-4-6-10(7-9)13-2/h9-10H,3-8H2,1-2H3/t9-,10+/m0/s1. The minimum Gasteiger partial charge on any atom is -0.466 e. The number of carbonyl (C=O) groups excluding carboxylic acids is 1. The van der Waals surface area contributed by atoms with Crippen molar-refractivity contribution in [3.8, 4) is 0 Å². The number of hydrogen-bond donors (Lipinski definition) is 0. The van der Waals surface area contributed by atoms with Gasteiger partial charge in [0.15, 0.2) is 0 Å². The Morgan fingerprint density at radius 3 is 2.86 bits per heavy atom. The van der Waals surface area contributed by atoms with Crippen LogP contribution in [-0.4, -0.2) is 25.8 Å². The Kier molecular flexibility index (Phi) is 4.94. The second-order valence-electron chi connectivity index (χ2n) is 3.90. The Labute approximate surface area is 85.8 Å². The van der Waals surface area contributed by atoms with E-state index in [0.717, 1.165) is 19.3 Å². The van der Waals surface area contributed by atoms with Crippen molar-refractivity contribution in [1.82, 2.24) is 0 Å². The Morgan fingerprint density at radius 1 is 1.43 bits per heavy atom. The number of ether oxygens (including phenoxy) is 2. The Morgan fingerprint density at radius 2 is 2.21 bits per heavy atom. The second kappa shape index (κ2) is 6.02. The molecule has 0 N–H and O–H groups in total. The maximum absolute atomic E-state index is 11.2. The van der Waals surface area contributed by atoms with E-state index in [-0.39, 0.29) is 5.97 Å². The average molecular weight is 200 g/mol. The summed E-state index contributed by atoms with van der Waals surface area (Å²) in [7, 11) is 1.75. The van der Waals surface area contributed by atoms with E-state index in [1.54, 1.807) is 7.11 Å². The summed E-state index contributed by atoms with van der Waals surface area (Å²) in [6.45, 7) is 2.33. The fraction of sp³-hybridized carbons (Fsp3) is 0.909. The maximum Gasteiger partial charge on any atom is 0.306 e. The van der Waals surface area contributed by atoms with Crippen LogP contribution in [-0.2, 0) is 14.3 Å². The van der Waals surface area contributed by atoms with Gasteiger partial charge < -0.3 is 9.47 Å². The molecule has 3 heteroatoms. The van der Waals surface area contributed by atoms with Gasteiger partial charge in [-0.1, -0.05) is 6.42 Å². The first-order valence-corrected chi connectivity index (χ1v) is 5.44. The van der Waals surface area contributed by atoms with Gasteiger partial charge in [0.2, 0.25) is 0 Å². The molecule has 1 saturated carbocycles. The molecule has 0 aromatic carbocycles. The smallest absolute Gasteiger partial charge is 0.306 e. The van der Waals surface area contributed by atoms with Gasteiger partial charge in [0.25, 0.3) is 0 Å². The summed E-state index contributed by atoms with van der Waals surface area (Å²) in [5.74, 6) is 0.405. The summed E-state index contributed by atoms with van der Waals surface area (Å²) >= 11 is 0. The van der Waals surface area contributed by atoms with E-state index in [1.807, 2.05) is 6.92 Å². The number of carbonyl (C=O) groups is 1. The normalized spacial score (nSPS) is 27.3. The molecule has 0 aromatic heterocycles. The van der Waals surface area contributed by atoms with Gasteiger partial charge in [-0.05, 0) is 32.1 Å².